The molecule has 0 bridgehead atoms. The Labute approximate surface area is 156 Å². The van der Waals surface area contributed by atoms with E-state index in [-0.39, 0.29) is 16.7 Å². The molecular weight excluding hydrogens is 326 g/mol. The van der Waals surface area contributed by atoms with Gasteiger partial charge in [-0.15, -0.1) is 0 Å². The third-order valence-corrected chi connectivity index (χ3v) is 4.79. The fourth-order valence-corrected chi connectivity index (χ4v) is 3.18. The molecule has 1 atom stereocenters. The highest BCUT2D eigenvalue weighted by molar-refractivity contribution is 5.43. The maximum atomic E-state index is 5.42. The fraction of sp³-hybridized carbons (Fsp3) is 0.700. The van der Waals surface area contributed by atoms with Gasteiger partial charge in [-0.3, -0.25) is 0 Å². The van der Waals surface area contributed by atoms with E-state index in [1.165, 1.54) is 0 Å². The molecule has 1 aliphatic rings. The summed E-state index contributed by atoms with van der Waals surface area (Å²) in [4.78, 5) is 16.6. The van der Waals surface area contributed by atoms with E-state index in [0.29, 0.717) is 5.82 Å². The van der Waals surface area contributed by atoms with Gasteiger partial charge in [0.05, 0.1) is 11.6 Å². The zero-order valence-electron chi connectivity index (χ0n) is 17.1. The first-order valence-electron chi connectivity index (χ1n) is 9.49. The van der Waals surface area contributed by atoms with E-state index in [9.17, 15) is 0 Å². The van der Waals surface area contributed by atoms with Crippen LogP contribution in [0.2, 0.25) is 0 Å². The average Bonchev–Trinajstić information content (AvgIpc) is 2.99. The van der Waals surface area contributed by atoms with Gasteiger partial charge in [-0.05, 0) is 19.8 Å². The summed E-state index contributed by atoms with van der Waals surface area (Å²) in [5.41, 5.74) is 0.980. The van der Waals surface area contributed by atoms with Crippen molar-refractivity contribution in [2.24, 2.45) is 0 Å². The SMILES string of the molecule is Cc1noc(C2CCCN(c3cc(C(C)(C)C)nc(C(C)(C)C)n3)C2)n1. The zero-order chi connectivity index (χ0) is 19.1. The Morgan fingerprint density at radius 3 is 2.35 bits per heavy atom. The van der Waals surface area contributed by atoms with E-state index in [2.05, 4.69) is 62.6 Å². The lowest BCUT2D eigenvalue weighted by Gasteiger charge is -2.33. The third-order valence-electron chi connectivity index (χ3n) is 4.79. The van der Waals surface area contributed by atoms with Gasteiger partial charge < -0.3 is 9.42 Å². The van der Waals surface area contributed by atoms with Crippen molar-refractivity contribution in [1.82, 2.24) is 20.1 Å². The molecule has 1 saturated heterocycles. The first-order valence-corrected chi connectivity index (χ1v) is 9.49. The lowest BCUT2D eigenvalue weighted by Crippen LogP contribution is -2.36. The van der Waals surface area contributed by atoms with Crippen molar-refractivity contribution in [2.75, 3.05) is 18.0 Å². The number of nitrogens with zero attached hydrogens (tertiary/aromatic N) is 5. The molecule has 0 spiro atoms. The Bertz CT molecular complexity index is 737. The monoisotopic (exact) mass is 357 g/mol. The predicted octanol–water partition coefficient (Wildman–Crippen LogP) is 4.15. The highest BCUT2D eigenvalue weighted by Crippen LogP contribution is 2.32. The minimum absolute atomic E-state index is 0.0174. The fourth-order valence-electron chi connectivity index (χ4n) is 3.18. The molecule has 0 radical (unpaired) electrons. The van der Waals surface area contributed by atoms with Crippen LogP contribution >= 0.6 is 0 Å². The lowest BCUT2D eigenvalue weighted by atomic mass is 9.90. The molecule has 26 heavy (non-hydrogen) atoms. The third kappa shape index (κ3) is 4.05. The molecule has 1 fully saturated rings. The lowest BCUT2D eigenvalue weighted by molar-refractivity contribution is 0.330. The van der Waals surface area contributed by atoms with Gasteiger partial charge in [0.2, 0.25) is 5.89 Å². The van der Waals surface area contributed by atoms with Crippen LogP contribution in [0.4, 0.5) is 5.82 Å². The normalized spacial score (nSPS) is 19.0. The molecule has 0 N–H and O–H groups in total. The van der Waals surface area contributed by atoms with Gasteiger partial charge in [0.15, 0.2) is 5.82 Å². The summed E-state index contributed by atoms with van der Waals surface area (Å²) in [6.45, 7) is 16.8. The molecule has 142 valence electrons. The van der Waals surface area contributed by atoms with E-state index < -0.39 is 0 Å². The Morgan fingerprint density at radius 2 is 1.77 bits per heavy atom. The highest BCUT2D eigenvalue weighted by Gasteiger charge is 2.29. The largest absolute Gasteiger partial charge is 0.356 e. The number of piperidine rings is 1. The van der Waals surface area contributed by atoms with Crippen LogP contribution in [0.15, 0.2) is 10.6 Å². The quantitative estimate of drug-likeness (QED) is 0.804. The number of hydrogen-bond acceptors (Lipinski definition) is 6. The minimum Gasteiger partial charge on any atom is -0.356 e. The summed E-state index contributed by atoms with van der Waals surface area (Å²) in [6.07, 6.45) is 2.16. The number of aromatic nitrogens is 4. The molecule has 3 heterocycles. The summed E-state index contributed by atoms with van der Waals surface area (Å²) in [7, 11) is 0. The molecule has 1 unspecified atom stereocenters. The van der Waals surface area contributed by atoms with Crippen LogP contribution in [-0.4, -0.2) is 33.2 Å². The predicted molar refractivity (Wildman–Crippen MR) is 103 cm³/mol. The van der Waals surface area contributed by atoms with E-state index in [0.717, 1.165) is 49.2 Å². The standard InChI is InChI=1S/C20H31N5O/c1-13-21-17(26-24-13)14-9-8-10-25(12-14)16-11-15(19(2,3)4)22-18(23-16)20(5,6)7/h11,14H,8-10,12H2,1-7H3. The summed E-state index contributed by atoms with van der Waals surface area (Å²) in [5, 5.41) is 3.95. The van der Waals surface area contributed by atoms with Crippen LogP contribution in [0.1, 0.15) is 83.5 Å². The molecule has 0 amide bonds. The maximum absolute atomic E-state index is 5.42. The second-order valence-electron chi connectivity index (χ2n) is 9.40. The molecule has 6 heteroatoms. The van der Waals surface area contributed by atoms with Crippen LogP contribution in [0.25, 0.3) is 0 Å². The summed E-state index contributed by atoms with van der Waals surface area (Å²) in [5.74, 6) is 3.61. The molecule has 1 aliphatic heterocycles. The summed E-state index contributed by atoms with van der Waals surface area (Å²) in [6, 6.07) is 2.15. The van der Waals surface area contributed by atoms with Crippen molar-refractivity contribution >= 4 is 5.82 Å². The van der Waals surface area contributed by atoms with Crippen molar-refractivity contribution in [3.63, 3.8) is 0 Å². The van der Waals surface area contributed by atoms with Gasteiger partial charge in [-0.1, -0.05) is 46.7 Å². The van der Waals surface area contributed by atoms with Gasteiger partial charge in [-0.25, -0.2) is 9.97 Å². The second kappa shape index (κ2) is 6.63. The molecule has 0 aromatic carbocycles. The molecule has 6 nitrogen and oxygen atoms in total. The number of aryl methyl sites for hydroxylation is 1. The Morgan fingerprint density at radius 1 is 1.04 bits per heavy atom. The van der Waals surface area contributed by atoms with E-state index in [1.807, 2.05) is 6.92 Å². The second-order valence-corrected chi connectivity index (χ2v) is 9.40. The topological polar surface area (TPSA) is 67.9 Å². The van der Waals surface area contributed by atoms with E-state index in [1.54, 1.807) is 0 Å². The van der Waals surface area contributed by atoms with Crippen LogP contribution in [-0.2, 0) is 10.8 Å². The molecular formula is C20H31N5O. The number of rotatable bonds is 2. The summed E-state index contributed by atoms with van der Waals surface area (Å²) < 4.78 is 5.42. The average molecular weight is 358 g/mol. The Hall–Kier alpha value is -1.98. The van der Waals surface area contributed by atoms with E-state index in [4.69, 9.17) is 14.5 Å². The van der Waals surface area contributed by atoms with Crippen LogP contribution < -0.4 is 4.90 Å². The van der Waals surface area contributed by atoms with Crippen molar-refractivity contribution in [3.8, 4) is 0 Å². The number of anilines is 1. The van der Waals surface area contributed by atoms with Crippen LogP contribution in [0.5, 0.6) is 0 Å². The first kappa shape index (κ1) is 18.8. The maximum Gasteiger partial charge on any atom is 0.231 e. The number of hydrogen-bond donors (Lipinski definition) is 0. The van der Waals surface area contributed by atoms with Gasteiger partial charge in [-0.2, -0.15) is 4.98 Å². The molecule has 0 aliphatic carbocycles. The molecule has 3 rings (SSSR count). The van der Waals surface area contributed by atoms with Gasteiger partial charge in [0.25, 0.3) is 0 Å². The van der Waals surface area contributed by atoms with Crippen molar-refractivity contribution in [3.05, 3.63) is 29.3 Å². The van der Waals surface area contributed by atoms with Crippen molar-refractivity contribution in [2.45, 2.75) is 78.1 Å². The first-order chi connectivity index (χ1) is 12.0. The van der Waals surface area contributed by atoms with Crippen molar-refractivity contribution in [1.29, 1.82) is 0 Å². The smallest absolute Gasteiger partial charge is 0.231 e. The van der Waals surface area contributed by atoms with Gasteiger partial charge in [0, 0.05) is 30.0 Å². The Kier molecular flexibility index (Phi) is 4.80. The highest BCUT2D eigenvalue weighted by atomic mass is 16.5. The molecule has 2 aromatic rings. The summed E-state index contributed by atoms with van der Waals surface area (Å²) >= 11 is 0. The molecule has 2 aromatic heterocycles. The zero-order valence-corrected chi connectivity index (χ0v) is 17.1. The minimum atomic E-state index is -0.0885. The van der Waals surface area contributed by atoms with Crippen LogP contribution in [0, 0.1) is 6.92 Å². The van der Waals surface area contributed by atoms with Crippen molar-refractivity contribution < 1.29 is 4.52 Å². The van der Waals surface area contributed by atoms with Crippen LogP contribution in [0.3, 0.4) is 0 Å². The Balaban J connectivity index is 1.94. The van der Waals surface area contributed by atoms with Gasteiger partial charge in [0.1, 0.15) is 11.6 Å². The van der Waals surface area contributed by atoms with E-state index >= 15 is 0 Å². The van der Waals surface area contributed by atoms with Gasteiger partial charge >= 0.3 is 0 Å². The molecule has 0 saturated carbocycles.